The minimum Gasteiger partial charge on any atom is -0.497 e. The van der Waals surface area contributed by atoms with Gasteiger partial charge in [-0.3, -0.25) is 13.9 Å². The van der Waals surface area contributed by atoms with Crippen molar-refractivity contribution in [3.63, 3.8) is 0 Å². The highest BCUT2D eigenvalue weighted by atomic mass is 35.5. The van der Waals surface area contributed by atoms with Gasteiger partial charge in [0.25, 0.3) is 0 Å². The number of benzene rings is 3. The molecule has 0 aliphatic rings. The zero-order valence-electron chi connectivity index (χ0n) is 24.4. The van der Waals surface area contributed by atoms with E-state index in [9.17, 15) is 18.0 Å². The van der Waals surface area contributed by atoms with Gasteiger partial charge in [-0.05, 0) is 41.8 Å². The van der Waals surface area contributed by atoms with Crippen LogP contribution in [-0.2, 0) is 32.6 Å². The molecule has 0 spiro atoms. The van der Waals surface area contributed by atoms with Crippen molar-refractivity contribution in [1.82, 2.24) is 10.2 Å². The molecule has 0 saturated carbocycles. The summed E-state index contributed by atoms with van der Waals surface area (Å²) in [6, 6.07) is 20.1. The predicted octanol–water partition coefficient (Wildman–Crippen LogP) is 4.68. The number of ether oxygens (including phenoxy) is 2. The van der Waals surface area contributed by atoms with E-state index >= 15 is 0 Å². The molecule has 226 valence electrons. The lowest BCUT2D eigenvalue weighted by Crippen LogP contribution is -2.53. The smallest absolute Gasteiger partial charge is 0.244 e. The second-order valence-corrected chi connectivity index (χ2v) is 12.1. The Morgan fingerprint density at radius 3 is 2.24 bits per heavy atom. The summed E-state index contributed by atoms with van der Waals surface area (Å²) in [6.07, 6.45) is 2.94. The molecular weight excluding hydrogens is 578 g/mol. The first-order valence-electron chi connectivity index (χ1n) is 13.6. The van der Waals surface area contributed by atoms with Crippen LogP contribution in [0.4, 0.5) is 5.69 Å². The summed E-state index contributed by atoms with van der Waals surface area (Å²) in [5.74, 6) is -0.191. The number of halogens is 1. The molecule has 3 aromatic rings. The molecule has 0 aliphatic heterocycles. The Morgan fingerprint density at radius 1 is 0.952 bits per heavy atom. The summed E-state index contributed by atoms with van der Waals surface area (Å²) < 4.78 is 37.8. The minimum absolute atomic E-state index is 0.0616. The van der Waals surface area contributed by atoms with E-state index in [0.717, 1.165) is 34.5 Å². The van der Waals surface area contributed by atoms with Gasteiger partial charge < -0.3 is 19.7 Å². The lowest BCUT2D eigenvalue weighted by Gasteiger charge is -2.33. The number of carbonyl (C=O) groups is 2. The van der Waals surface area contributed by atoms with Gasteiger partial charge in [0.05, 0.1) is 26.2 Å². The molecule has 1 N–H and O–H groups in total. The fourth-order valence-electron chi connectivity index (χ4n) is 4.43. The van der Waals surface area contributed by atoms with E-state index in [1.165, 1.54) is 25.2 Å². The van der Waals surface area contributed by atoms with Crippen LogP contribution in [0, 0.1) is 0 Å². The third-order valence-electron chi connectivity index (χ3n) is 6.70. The monoisotopic (exact) mass is 615 g/mol. The average molecular weight is 616 g/mol. The van der Waals surface area contributed by atoms with Crippen LogP contribution in [0.25, 0.3) is 0 Å². The van der Waals surface area contributed by atoms with Gasteiger partial charge in [0.2, 0.25) is 21.8 Å². The molecule has 0 unspecified atom stereocenters. The molecule has 1 atom stereocenters. The fourth-order valence-corrected chi connectivity index (χ4v) is 5.41. The van der Waals surface area contributed by atoms with Gasteiger partial charge in [-0.1, -0.05) is 67.4 Å². The number of unbranched alkanes of at least 4 members (excludes halogenated alkanes) is 1. The van der Waals surface area contributed by atoms with Crippen molar-refractivity contribution in [3.05, 3.63) is 88.9 Å². The van der Waals surface area contributed by atoms with E-state index in [1.54, 1.807) is 36.4 Å². The Balaban J connectivity index is 2.06. The zero-order chi connectivity index (χ0) is 30.7. The van der Waals surface area contributed by atoms with Gasteiger partial charge in [-0.2, -0.15) is 0 Å². The molecule has 0 fully saturated rings. The van der Waals surface area contributed by atoms with Crippen LogP contribution in [0.2, 0.25) is 5.02 Å². The Morgan fingerprint density at radius 2 is 1.64 bits per heavy atom. The molecule has 0 saturated heterocycles. The van der Waals surface area contributed by atoms with E-state index in [4.69, 9.17) is 21.1 Å². The van der Waals surface area contributed by atoms with E-state index in [-0.39, 0.29) is 30.3 Å². The Hall–Kier alpha value is -3.76. The molecule has 11 heteroatoms. The van der Waals surface area contributed by atoms with Gasteiger partial charge >= 0.3 is 0 Å². The fraction of sp³-hybridized carbons (Fsp3) is 0.355. The SMILES string of the molecule is CCCCNC(=O)[C@@H](Cc1ccccc1)N(Cc1ccc(Cl)cc1)C(=O)CN(c1ccc(OC)cc1OC)S(C)(=O)=O. The highest BCUT2D eigenvalue weighted by molar-refractivity contribution is 7.92. The first kappa shape index (κ1) is 32.8. The second kappa shape index (κ2) is 15.5. The van der Waals surface area contributed by atoms with Crippen molar-refractivity contribution in [2.75, 3.05) is 37.9 Å². The van der Waals surface area contributed by atoms with Crippen LogP contribution in [0.3, 0.4) is 0 Å². The largest absolute Gasteiger partial charge is 0.497 e. The maximum absolute atomic E-state index is 14.2. The zero-order valence-corrected chi connectivity index (χ0v) is 26.0. The number of nitrogens with zero attached hydrogens (tertiary/aromatic N) is 2. The molecule has 0 aromatic heterocycles. The minimum atomic E-state index is -3.95. The van der Waals surface area contributed by atoms with Crippen molar-refractivity contribution in [1.29, 1.82) is 0 Å². The van der Waals surface area contributed by atoms with Gasteiger partial charge in [0, 0.05) is 30.6 Å². The normalized spacial score (nSPS) is 11.8. The van der Waals surface area contributed by atoms with E-state index in [0.29, 0.717) is 17.3 Å². The number of hydrogen-bond acceptors (Lipinski definition) is 6. The first-order valence-corrected chi connectivity index (χ1v) is 15.8. The third-order valence-corrected chi connectivity index (χ3v) is 8.08. The lowest BCUT2D eigenvalue weighted by atomic mass is 10.0. The van der Waals surface area contributed by atoms with Crippen molar-refractivity contribution in [3.8, 4) is 11.5 Å². The molecule has 2 amide bonds. The Labute approximate surface area is 253 Å². The highest BCUT2D eigenvalue weighted by Crippen LogP contribution is 2.34. The number of nitrogens with one attached hydrogen (secondary N) is 1. The summed E-state index contributed by atoms with van der Waals surface area (Å²) in [5, 5.41) is 3.49. The molecule has 3 aromatic carbocycles. The van der Waals surface area contributed by atoms with Crippen LogP contribution < -0.4 is 19.1 Å². The van der Waals surface area contributed by atoms with Crippen molar-refractivity contribution < 1.29 is 27.5 Å². The molecular formula is C31H38ClN3O6S. The van der Waals surface area contributed by atoms with Crippen LogP contribution in [-0.4, -0.2) is 64.7 Å². The molecule has 9 nitrogen and oxygen atoms in total. The number of carbonyl (C=O) groups excluding carboxylic acids is 2. The summed E-state index contributed by atoms with van der Waals surface area (Å²) in [6.45, 7) is 1.99. The maximum atomic E-state index is 14.2. The van der Waals surface area contributed by atoms with Crippen LogP contribution in [0.5, 0.6) is 11.5 Å². The van der Waals surface area contributed by atoms with Crippen LogP contribution in [0.15, 0.2) is 72.8 Å². The summed E-state index contributed by atoms with van der Waals surface area (Å²) in [5.41, 5.74) is 1.77. The van der Waals surface area contributed by atoms with Gasteiger partial charge in [0.15, 0.2) is 0 Å². The Bertz CT molecular complexity index is 1430. The number of anilines is 1. The maximum Gasteiger partial charge on any atom is 0.244 e. The number of sulfonamides is 1. The summed E-state index contributed by atoms with van der Waals surface area (Å²) in [4.78, 5) is 29.3. The second-order valence-electron chi connectivity index (χ2n) is 9.81. The average Bonchev–Trinajstić information content (AvgIpc) is 2.98. The summed E-state index contributed by atoms with van der Waals surface area (Å²) in [7, 11) is -1.06. The number of methoxy groups -OCH3 is 2. The standard InChI is InChI=1S/C31H38ClN3O6S/c1-5-6-18-33-31(37)28(19-23-10-8-7-9-11-23)34(21-24-12-14-25(32)15-13-24)30(36)22-35(42(4,38)39)27-17-16-26(40-2)20-29(27)41-3/h7-17,20,28H,5-6,18-19,21-22H2,1-4H3,(H,33,37)/t28-/m1/s1. The van der Waals surface area contributed by atoms with Gasteiger partial charge in [0.1, 0.15) is 24.1 Å². The molecule has 0 bridgehead atoms. The quantitative estimate of drug-likeness (QED) is 0.249. The predicted molar refractivity (Wildman–Crippen MR) is 166 cm³/mol. The number of hydrogen-bond donors (Lipinski definition) is 1. The van der Waals surface area contributed by atoms with E-state index in [2.05, 4.69) is 5.32 Å². The molecule has 3 rings (SSSR count). The van der Waals surface area contributed by atoms with Crippen molar-refractivity contribution in [2.45, 2.75) is 38.8 Å². The number of rotatable bonds is 15. The molecule has 0 aliphatic carbocycles. The van der Waals surface area contributed by atoms with Gasteiger partial charge in [-0.25, -0.2) is 8.42 Å². The summed E-state index contributed by atoms with van der Waals surface area (Å²) >= 11 is 6.10. The van der Waals surface area contributed by atoms with Crippen molar-refractivity contribution in [2.24, 2.45) is 0 Å². The third kappa shape index (κ3) is 9.12. The lowest BCUT2D eigenvalue weighted by molar-refractivity contribution is -0.140. The molecule has 42 heavy (non-hydrogen) atoms. The number of amides is 2. The molecule has 0 radical (unpaired) electrons. The van der Waals surface area contributed by atoms with E-state index < -0.39 is 28.5 Å². The first-order chi connectivity index (χ1) is 20.1. The van der Waals surface area contributed by atoms with Crippen LogP contribution in [0.1, 0.15) is 30.9 Å². The topological polar surface area (TPSA) is 105 Å². The molecule has 0 heterocycles. The Kier molecular flexibility index (Phi) is 12.1. The van der Waals surface area contributed by atoms with E-state index in [1.807, 2.05) is 37.3 Å². The van der Waals surface area contributed by atoms with Gasteiger partial charge in [-0.15, -0.1) is 0 Å². The highest BCUT2D eigenvalue weighted by Gasteiger charge is 2.33. The van der Waals surface area contributed by atoms with Crippen LogP contribution >= 0.6 is 11.6 Å². The van der Waals surface area contributed by atoms with Crippen molar-refractivity contribution >= 4 is 39.1 Å².